The van der Waals surface area contributed by atoms with Gasteiger partial charge in [0.15, 0.2) is 0 Å². The molecule has 0 heterocycles. The number of nitrogens with two attached hydrogens (primary N) is 1. The van der Waals surface area contributed by atoms with Crippen LogP contribution in [0.25, 0.3) is 0 Å². The van der Waals surface area contributed by atoms with Gasteiger partial charge >= 0.3 is 6.18 Å². The normalized spacial score (nSPS) is 11.7. The Morgan fingerprint density at radius 3 is 2.50 bits per heavy atom. The van der Waals surface area contributed by atoms with E-state index in [1.54, 1.807) is 0 Å². The van der Waals surface area contributed by atoms with E-state index in [9.17, 15) is 13.2 Å². The third-order valence-electron chi connectivity index (χ3n) is 1.38. The summed E-state index contributed by atoms with van der Waals surface area (Å²) < 4.78 is 36.1. The number of halogens is 3. The van der Waals surface area contributed by atoms with Crippen molar-refractivity contribution in [1.82, 2.24) is 0 Å². The lowest BCUT2D eigenvalue weighted by Gasteiger charge is -2.06. The molecule has 0 fully saturated rings. The highest BCUT2D eigenvalue weighted by Gasteiger charge is 2.30. The van der Waals surface area contributed by atoms with Crippen molar-refractivity contribution in [2.75, 3.05) is 0 Å². The number of rotatable bonds is 1. The predicted molar refractivity (Wildman–Crippen MR) is 38.2 cm³/mol. The second-order valence-corrected chi connectivity index (χ2v) is 2.29. The Bertz CT molecular complexity index is 267. The van der Waals surface area contributed by atoms with E-state index in [4.69, 9.17) is 5.73 Å². The monoisotopic (exact) mass is 174 g/mol. The molecule has 0 aromatic heterocycles. The van der Waals surface area contributed by atoms with Crippen molar-refractivity contribution in [2.24, 2.45) is 5.73 Å². The second-order valence-electron chi connectivity index (χ2n) is 2.29. The number of hydrogen-bond acceptors (Lipinski definition) is 1. The molecule has 12 heavy (non-hydrogen) atoms. The number of hydrogen-bond donors (Lipinski definition) is 1. The van der Waals surface area contributed by atoms with E-state index in [0.29, 0.717) is 5.56 Å². The fourth-order valence-electron chi connectivity index (χ4n) is 0.801. The fourth-order valence-corrected chi connectivity index (χ4v) is 0.801. The van der Waals surface area contributed by atoms with Crippen molar-refractivity contribution >= 4 is 0 Å². The van der Waals surface area contributed by atoms with Crippen LogP contribution in [0.5, 0.6) is 0 Å². The molecule has 2 N–H and O–H groups in total. The largest absolute Gasteiger partial charge is 0.417 e. The summed E-state index contributed by atoms with van der Waals surface area (Å²) in [6, 6.07) is 5.99. The van der Waals surface area contributed by atoms with Gasteiger partial charge in [-0.05, 0) is 17.7 Å². The molecule has 0 saturated carbocycles. The van der Waals surface area contributed by atoms with Gasteiger partial charge in [0.2, 0.25) is 0 Å². The quantitative estimate of drug-likeness (QED) is 0.692. The van der Waals surface area contributed by atoms with E-state index in [1.165, 1.54) is 12.1 Å². The molecule has 0 spiro atoms. The van der Waals surface area contributed by atoms with Crippen molar-refractivity contribution in [2.45, 2.75) is 12.7 Å². The summed E-state index contributed by atoms with van der Waals surface area (Å²) in [5, 5.41) is 0. The summed E-state index contributed by atoms with van der Waals surface area (Å²) in [6.07, 6.45) is -4.33. The molecule has 1 nitrogen and oxygen atoms in total. The third kappa shape index (κ3) is 1.98. The van der Waals surface area contributed by atoms with Crippen LogP contribution in [0.15, 0.2) is 18.2 Å². The molecule has 1 radical (unpaired) electrons. The standard InChI is InChI=1S/C8H7F3N/c9-8(10,11)7-3-1-2-6(4-7)5-12/h1-3H,5,12H2. The summed E-state index contributed by atoms with van der Waals surface area (Å²) in [6.45, 7) is 0.0733. The van der Waals surface area contributed by atoms with Crippen LogP contribution in [-0.2, 0) is 12.7 Å². The van der Waals surface area contributed by atoms with Crippen molar-refractivity contribution in [3.05, 3.63) is 35.4 Å². The van der Waals surface area contributed by atoms with Crippen LogP contribution in [-0.4, -0.2) is 0 Å². The van der Waals surface area contributed by atoms with Crippen molar-refractivity contribution in [3.8, 4) is 0 Å². The first-order valence-corrected chi connectivity index (χ1v) is 3.32. The molecular formula is C8H7F3N. The van der Waals surface area contributed by atoms with Gasteiger partial charge in [0.05, 0.1) is 5.56 Å². The molecule has 0 saturated heterocycles. The Kier molecular flexibility index (Phi) is 2.38. The summed E-state index contributed by atoms with van der Waals surface area (Å²) >= 11 is 0. The van der Waals surface area contributed by atoms with Crippen molar-refractivity contribution in [1.29, 1.82) is 0 Å². The molecule has 4 heteroatoms. The average molecular weight is 174 g/mol. The van der Waals surface area contributed by atoms with Gasteiger partial charge < -0.3 is 5.73 Å². The minimum Gasteiger partial charge on any atom is -0.326 e. The van der Waals surface area contributed by atoms with Gasteiger partial charge in [-0.25, -0.2) is 0 Å². The summed E-state index contributed by atoms with van der Waals surface area (Å²) in [5.74, 6) is 0. The third-order valence-corrected chi connectivity index (χ3v) is 1.38. The summed E-state index contributed by atoms with van der Waals surface area (Å²) in [5.41, 5.74) is 4.76. The molecule has 0 bridgehead atoms. The van der Waals surface area contributed by atoms with E-state index in [2.05, 4.69) is 6.07 Å². The summed E-state index contributed by atoms with van der Waals surface area (Å²) in [4.78, 5) is 0. The minimum absolute atomic E-state index is 0.0733. The van der Waals surface area contributed by atoms with E-state index in [-0.39, 0.29) is 6.54 Å². The zero-order valence-electron chi connectivity index (χ0n) is 6.15. The topological polar surface area (TPSA) is 26.0 Å². The smallest absolute Gasteiger partial charge is 0.326 e. The Labute approximate surface area is 68.0 Å². The van der Waals surface area contributed by atoms with Gasteiger partial charge in [-0.3, -0.25) is 0 Å². The van der Waals surface area contributed by atoms with E-state index in [1.807, 2.05) is 0 Å². The molecule has 0 aliphatic carbocycles. The first kappa shape index (κ1) is 9.06. The Morgan fingerprint density at radius 1 is 1.33 bits per heavy atom. The molecule has 1 aromatic rings. The maximum absolute atomic E-state index is 12.0. The highest BCUT2D eigenvalue weighted by molar-refractivity contribution is 5.23. The minimum atomic E-state index is -4.33. The van der Waals surface area contributed by atoms with Gasteiger partial charge in [0.25, 0.3) is 0 Å². The van der Waals surface area contributed by atoms with Crippen molar-refractivity contribution < 1.29 is 13.2 Å². The molecule has 0 aliphatic rings. The van der Waals surface area contributed by atoms with Crippen LogP contribution in [0, 0.1) is 6.07 Å². The lowest BCUT2D eigenvalue weighted by Crippen LogP contribution is -2.06. The number of alkyl halides is 3. The van der Waals surface area contributed by atoms with Crippen LogP contribution in [0.1, 0.15) is 11.1 Å². The zero-order valence-corrected chi connectivity index (χ0v) is 6.15. The predicted octanol–water partition coefficient (Wildman–Crippen LogP) is 1.96. The van der Waals surface area contributed by atoms with E-state index in [0.717, 1.165) is 6.07 Å². The van der Waals surface area contributed by atoms with Gasteiger partial charge in [0.1, 0.15) is 0 Å². The first-order valence-electron chi connectivity index (χ1n) is 3.32. The molecule has 1 rings (SSSR count). The molecule has 0 unspecified atom stereocenters. The molecule has 1 aromatic carbocycles. The molecule has 0 amide bonds. The van der Waals surface area contributed by atoms with Crippen LogP contribution in [0.3, 0.4) is 0 Å². The maximum Gasteiger partial charge on any atom is 0.417 e. The van der Waals surface area contributed by atoms with E-state index >= 15 is 0 Å². The average Bonchev–Trinajstić information content (AvgIpc) is 2.03. The number of benzene rings is 1. The highest BCUT2D eigenvalue weighted by Crippen LogP contribution is 2.28. The lowest BCUT2D eigenvalue weighted by molar-refractivity contribution is -0.137. The van der Waals surface area contributed by atoms with Crippen LogP contribution < -0.4 is 5.73 Å². The van der Waals surface area contributed by atoms with Gasteiger partial charge in [-0.2, -0.15) is 13.2 Å². The first-order chi connectivity index (χ1) is 5.54. The maximum atomic E-state index is 12.0. The summed E-state index contributed by atoms with van der Waals surface area (Å²) in [7, 11) is 0. The van der Waals surface area contributed by atoms with Crippen LogP contribution in [0.2, 0.25) is 0 Å². The second kappa shape index (κ2) is 3.15. The fraction of sp³-hybridized carbons (Fsp3) is 0.250. The SMILES string of the molecule is NCc1[c]c(C(F)(F)F)ccc1. The van der Waals surface area contributed by atoms with Crippen LogP contribution >= 0.6 is 0 Å². The van der Waals surface area contributed by atoms with Crippen LogP contribution in [0.4, 0.5) is 13.2 Å². The Morgan fingerprint density at radius 2 is 2.00 bits per heavy atom. The van der Waals surface area contributed by atoms with Gasteiger partial charge in [-0.15, -0.1) is 0 Å². The Hall–Kier alpha value is -1.03. The van der Waals surface area contributed by atoms with E-state index < -0.39 is 11.7 Å². The van der Waals surface area contributed by atoms with Crippen molar-refractivity contribution in [3.63, 3.8) is 0 Å². The zero-order chi connectivity index (χ0) is 9.19. The molecule has 65 valence electrons. The molecule has 0 aliphatic heterocycles. The molecule has 0 atom stereocenters. The van der Waals surface area contributed by atoms with Gasteiger partial charge in [-0.1, -0.05) is 12.1 Å². The highest BCUT2D eigenvalue weighted by atomic mass is 19.4. The Balaban J connectivity index is 3.02. The van der Waals surface area contributed by atoms with Gasteiger partial charge in [0, 0.05) is 6.54 Å². The lowest BCUT2D eigenvalue weighted by atomic mass is 10.1. The molecular weight excluding hydrogens is 167 g/mol.